The van der Waals surface area contributed by atoms with Gasteiger partial charge in [0.1, 0.15) is 0 Å². The zero-order valence-electron chi connectivity index (χ0n) is 9.79. The summed E-state index contributed by atoms with van der Waals surface area (Å²) >= 11 is 1.83. The molecule has 0 aromatic carbocycles. The maximum atomic E-state index is 4.73. The molecule has 0 spiro atoms. The van der Waals surface area contributed by atoms with Crippen LogP contribution in [0.4, 0.5) is 0 Å². The molecule has 0 amide bonds. The molecular weight excluding hydrogens is 204 g/mol. The molecule has 84 valence electrons. The molecule has 0 aliphatic heterocycles. The summed E-state index contributed by atoms with van der Waals surface area (Å²) in [5.74, 6) is 1.63. The molecule has 3 heteroatoms. The van der Waals surface area contributed by atoms with Gasteiger partial charge in [0, 0.05) is 17.3 Å². The number of aromatic nitrogens is 1. The highest BCUT2D eigenvalue weighted by Gasteiger charge is 2.36. The summed E-state index contributed by atoms with van der Waals surface area (Å²) in [5.41, 5.74) is 1.22. The van der Waals surface area contributed by atoms with E-state index in [1.165, 1.54) is 23.5 Å². The summed E-state index contributed by atoms with van der Waals surface area (Å²) in [6.45, 7) is 7.78. The van der Waals surface area contributed by atoms with Crippen molar-refractivity contribution >= 4 is 11.3 Å². The maximum Gasteiger partial charge on any atom is 0.0962 e. The molecule has 1 aliphatic rings. The van der Waals surface area contributed by atoms with Crippen LogP contribution in [0.1, 0.15) is 56.3 Å². The molecule has 0 bridgehead atoms. The van der Waals surface area contributed by atoms with E-state index in [0.717, 1.165) is 18.4 Å². The van der Waals surface area contributed by atoms with Crippen molar-refractivity contribution in [1.29, 1.82) is 0 Å². The summed E-state index contributed by atoms with van der Waals surface area (Å²) in [6.07, 6.45) is 2.52. The molecule has 0 saturated heterocycles. The highest BCUT2D eigenvalue weighted by molar-refractivity contribution is 7.09. The fraction of sp³-hybridized carbons (Fsp3) is 0.750. The average molecular weight is 224 g/mol. The first-order valence-corrected chi connectivity index (χ1v) is 6.79. The number of hydrogen-bond acceptors (Lipinski definition) is 3. The van der Waals surface area contributed by atoms with Crippen molar-refractivity contribution in [2.45, 2.75) is 45.6 Å². The van der Waals surface area contributed by atoms with Crippen LogP contribution >= 0.6 is 11.3 Å². The normalized spacial score (nSPS) is 26.6. The van der Waals surface area contributed by atoms with E-state index in [2.05, 4.69) is 31.5 Å². The van der Waals surface area contributed by atoms with E-state index < -0.39 is 0 Å². The molecule has 0 radical (unpaired) electrons. The van der Waals surface area contributed by atoms with Crippen LogP contribution in [0.2, 0.25) is 0 Å². The fourth-order valence-corrected chi connectivity index (χ4v) is 2.96. The molecule has 1 aliphatic carbocycles. The van der Waals surface area contributed by atoms with Crippen molar-refractivity contribution in [3.8, 4) is 0 Å². The van der Waals surface area contributed by atoms with E-state index in [-0.39, 0.29) is 0 Å². The van der Waals surface area contributed by atoms with Crippen LogP contribution in [0.5, 0.6) is 0 Å². The first-order chi connectivity index (χ1) is 7.22. The predicted octanol–water partition coefficient (Wildman–Crippen LogP) is 3.33. The van der Waals surface area contributed by atoms with E-state index in [1.807, 2.05) is 11.3 Å². The highest BCUT2D eigenvalue weighted by atomic mass is 32.1. The Hall–Kier alpha value is -0.410. The number of nitrogens with zero attached hydrogens (tertiary/aromatic N) is 1. The second kappa shape index (κ2) is 4.62. The zero-order chi connectivity index (χ0) is 10.8. The Morgan fingerprint density at radius 1 is 1.67 bits per heavy atom. The second-order valence-corrected chi connectivity index (χ2v) is 5.50. The second-order valence-electron chi connectivity index (χ2n) is 4.61. The molecule has 1 saturated carbocycles. The quantitative estimate of drug-likeness (QED) is 0.830. The summed E-state index contributed by atoms with van der Waals surface area (Å²) in [7, 11) is 0. The van der Waals surface area contributed by atoms with Crippen molar-refractivity contribution < 1.29 is 0 Å². The maximum absolute atomic E-state index is 4.73. The lowest BCUT2D eigenvalue weighted by Crippen LogP contribution is -2.19. The lowest BCUT2D eigenvalue weighted by Gasteiger charge is -2.09. The summed E-state index contributed by atoms with van der Waals surface area (Å²) in [6, 6.07) is 0.406. The van der Waals surface area contributed by atoms with Gasteiger partial charge in [0.25, 0.3) is 0 Å². The Labute approximate surface area is 96.1 Å². The molecule has 2 nitrogen and oxygen atoms in total. The molecule has 1 fully saturated rings. The Kier molecular flexibility index (Phi) is 3.42. The monoisotopic (exact) mass is 224 g/mol. The van der Waals surface area contributed by atoms with Crippen molar-refractivity contribution in [2.75, 3.05) is 6.54 Å². The first kappa shape index (κ1) is 11.1. The number of nitrogens with one attached hydrogen (secondary N) is 1. The van der Waals surface area contributed by atoms with Crippen molar-refractivity contribution in [3.63, 3.8) is 0 Å². The third kappa shape index (κ3) is 2.58. The minimum Gasteiger partial charge on any atom is -0.309 e. The molecule has 3 unspecified atom stereocenters. The number of rotatable bonds is 5. The Bertz CT molecular complexity index is 321. The third-order valence-corrected chi connectivity index (χ3v) is 4.11. The summed E-state index contributed by atoms with van der Waals surface area (Å²) in [4.78, 5) is 4.73. The van der Waals surface area contributed by atoms with E-state index in [9.17, 15) is 0 Å². The van der Waals surface area contributed by atoms with Crippen LogP contribution in [-0.4, -0.2) is 11.5 Å². The van der Waals surface area contributed by atoms with E-state index in [4.69, 9.17) is 4.98 Å². The average Bonchev–Trinajstić information content (AvgIpc) is 2.80. The van der Waals surface area contributed by atoms with Gasteiger partial charge in [-0.25, -0.2) is 4.98 Å². The topological polar surface area (TPSA) is 24.9 Å². The molecule has 15 heavy (non-hydrogen) atoms. The van der Waals surface area contributed by atoms with Gasteiger partial charge >= 0.3 is 0 Å². The number of hydrogen-bond donors (Lipinski definition) is 1. The van der Waals surface area contributed by atoms with Crippen LogP contribution in [-0.2, 0) is 0 Å². The van der Waals surface area contributed by atoms with Gasteiger partial charge < -0.3 is 5.32 Å². The van der Waals surface area contributed by atoms with Crippen LogP contribution < -0.4 is 5.32 Å². The summed E-state index contributed by atoms with van der Waals surface area (Å²) in [5, 5.41) is 7.04. The lowest BCUT2D eigenvalue weighted by atomic mass is 10.2. The third-order valence-electron chi connectivity index (χ3n) is 3.11. The SMILES string of the molecule is CCCNC(C)c1csc(C2CC2C)n1. The predicted molar refractivity (Wildman–Crippen MR) is 65.3 cm³/mol. The van der Waals surface area contributed by atoms with Crippen LogP contribution in [0.15, 0.2) is 5.38 Å². The first-order valence-electron chi connectivity index (χ1n) is 5.91. The smallest absolute Gasteiger partial charge is 0.0962 e. The van der Waals surface area contributed by atoms with Crippen molar-refractivity contribution in [3.05, 3.63) is 16.1 Å². The molecule has 2 rings (SSSR count). The van der Waals surface area contributed by atoms with Gasteiger partial charge in [-0.1, -0.05) is 13.8 Å². The van der Waals surface area contributed by atoms with E-state index in [1.54, 1.807) is 0 Å². The highest BCUT2D eigenvalue weighted by Crippen LogP contribution is 2.48. The molecule has 1 heterocycles. The minimum absolute atomic E-state index is 0.406. The van der Waals surface area contributed by atoms with E-state index >= 15 is 0 Å². The Morgan fingerprint density at radius 2 is 2.40 bits per heavy atom. The summed E-state index contributed by atoms with van der Waals surface area (Å²) < 4.78 is 0. The minimum atomic E-state index is 0.406. The molecule has 3 atom stereocenters. The lowest BCUT2D eigenvalue weighted by molar-refractivity contribution is 0.559. The van der Waals surface area contributed by atoms with Crippen LogP contribution in [0.3, 0.4) is 0 Å². The van der Waals surface area contributed by atoms with Gasteiger partial charge in [-0.2, -0.15) is 0 Å². The van der Waals surface area contributed by atoms with Crippen molar-refractivity contribution in [1.82, 2.24) is 10.3 Å². The standard InChI is InChI=1S/C12H20N2S/c1-4-5-13-9(3)11-7-15-12(14-11)10-6-8(10)2/h7-10,13H,4-6H2,1-3H3. The molecule has 1 aromatic rings. The van der Waals surface area contributed by atoms with Gasteiger partial charge in [-0.05, 0) is 32.2 Å². The van der Waals surface area contributed by atoms with Crippen LogP contribution in [0.25, 0.3) is 0 Å². The van der Waals surface area contributed by atoms with Gasteiger partial charge in [-0.15, -0.1) is 11.3 Å². The molecule has 1 N–H and O–H groups in total. The largest absolute Gasteiger partial charge is 0.309 e. The van der Waals surface area contributed by atoms with Gasteiger partial charge in [0.15, 0.2) is 0 Å². The molecular formula is C12H20N2S. The van der Waals surface area contributed by atoms with Crippen LogP contribution in [0, 0.1) is 5.92 Å². The zero-order valence-corrected chi connectivity index (χ0v) is 10.6. The van der Waals surface area contributed by atoms with Gasteiger partial charge in [-0.3, -0.25) is 0 Å². The van der Waals surface area contributed by atoms with Gasteiger partial charge in [0.05, 0.1) is 10.7 Å². The Balaban J connectivity index is 1.94. The molecule has 1 aromatic heterocycles. The number of thiazole rings is 1. The Morgan fingerprint density at radius 3 is 3.00 bits per heavy atom. The fourth-order valence-electron chi connectivity index (χ4n) is 1.80. The van der Waals surface area contributed by atoms with Gasteiger partial charge in [0.2, 0.25) is 0 Å². The van der Waals surface area contributed by atoms with Crippen molar-refractivity contribution in [2.24, 2.45) is 5.92 Å². The van der Waals surface area contributed by atoms with E-state index in [0.29, 0.717) is 6.04 Å².